The number of aromatic nitrogens is 4. The van der Waals surface area contributed by atoms with Gasteiger partial charge in [0.25, 0.3) is 0 Å². The average molecular weight is 247 g/mol. The number of rotatable bonds is 2. The van der Waals surface area contributed by atoms with E-state index in [0.717, 1.165) is 22.0 Å². The van der Waals surface area contributed by atoms with Crippen molar-refractivity contribution in [1.82, 2.24) is 19.9 Å². The first-order valence-electron chi connectivity index (χ1n) is 5.13. The van der Waals surface area contributed by atoms with E-state index in [0.29, 0.717) is 11.0 Å². The largest absolute Gasteiger partial charge is 0.382 e. The Bertz CT molecular complexity index is 515. The Morgan fingerprint density at radius 3 is 2.18 bits per heavy atom. The molecule has 0 amide bonds. The van der Waals surface area contributed by atoms with Crippen LogP contribution in [0.25, 0.3) is 0 Å². The molecular formula is C11H13N5S. The van der Waals surface area contributed by atoms with Gasteiger partial charge in [0, 0.05) is 11.4 Å². The van der Waals surface area contributed by atoms with Gasteiger partial charge in [-0.15, -0.1) is 0 Å². The molecule has 6 heteroatoms. The van der Waals surface area contributed by atoms with E-state index in [1.54, 1.807) is 6.20 Å². The second-order valence-corrected chi connectivity index (χ2v) is 4.67. The lowest BCUT2D eigenvalue weighted by atomic mass is 10.2. The molecule has 0 radical (unpaired) electrons. The Morgan fingerprint density at radius 1 is 1.00 bits per heavy atom. The highest BCUT2D eigenvalue weighted by atomic mass is 32.2. The normalized spacial score (nSPS) is 10.5. The number of nitrogen functional groups attached to an aromatic ring is 1. The van der Waals surface area contributed by atoms with Gasteiger partial charge >= 0.3 is 0 Å². The molecule has 2 N–H and O–H groups in total. The molecule has 88 valence electrons. The summed E-state index contributed by atoms with van der Waals surface area (Å²) < 4.78 is 0. The molecule has 2 heterocycles. The summed E-state index contributed by atoms with van der Waals surface area (Å²) in [6.45, 7) is 5.97. The fourth-order valence-corrected chi connectivity index (χ4v) is 2.02. The molecule has 0 aliphatic carbocycles. The third kappa shape index (κ3) is 2.71. The molecule has 0 bridgehead atoms. The third-order valence-corrected chi connectivity index (χ3v) is 3.24. The van der Waals surface area contributed by atoms with E-state index in [4.69, 9.17) is 5.73 Å². The molecule has 2 aromatic rings. The lowest BCUT2D eigenvalue weighted by Crippen LogP contribution is -1.98. The van der Waals surface area contributed by atoms with E-state index in [9.17, 15) is 0 Å². The maximum atomic E-state index is 5.47. The Labute approximate surface area is 104 Å². The zero-order valence-electron chi connectivity index (χ0n) is 9.93. The molecular weight excluding hydrogens is 234 g/mol. The van der Waals surface area contributed by atoms with E-state index in [1.807, 2.05) is 20.8 Å². The maximum Gasteiger partial charge on any atom is 0.194 e. The van der Waals surface area contributed by atoms with Gasteiger partial charge in [0.2, 0.25) is 0 Å². The molecule has 0 atom stereocenters. The Hall–Kier alpha value is -1.69. The van der Waals surface area contributed by atoms with Crippen molar-refractivity contribution in [3.63, 3.8) is 0 Å². The first-order valence-corrected chi connectivity index (χ1v) is 5.95. The lowest BCUT2D eigenvalue weighted by Gasteiger charge is -2.06. The number of hydrogen-bond acceptors (Lipinski definition) is 6. The van der Waals surface area contributed by atoms with Crippen molar-refractivity contribution in [2.75, 3.05) is 5.73 Å². The zero-order valence-corrected chi connectivity index (χ0v) is 10.7. The van der Waals surface area contributed by atoms with E-state index in [2.05, 4.69) is 19.9 Å². The van der Waals surface area contributed by atoms with Crippen LogP contribution >= 0.6 is 11.8 Å². The van der Waals surface area contributed by atoms with Crippen LogP contribution in [-0.2, 0) is 0 Å². The SMILES string of the molecule is Cc1nc(Sc2cnc(N)cn2)nc(C)c1C. The molecule has 0 spiro atoms. The number of nitrogens with zero attached hydrogens (tertiary/aromatic N) is 4. The highest BCUT2D eigenvalue weighted by Crippen LogP contribution is 2.23. The standard InChI is InChI=1S/C11H13N5S/c1-6-7(2)15-11(16-8(6)3)17-10-5-13-9(12)4-14-10/h4-5H,1-3H3,(H2,12,13). The minimum atomic E-state index is 0.409. The van der Waals surface area contributed by atoms with Gasteiger partial charge < -0.3 is 5.73 Å². The molecule has 2 rings (SSSR count). The average Bonchev–Trinajstić information content (AvgIpc) is 2.29. The van der Waals surface area contributed by atoms with Crippen LogP contribution in [0.1, 0.15) is 17.0 Å². The van der Waals surface area contributed by atoms with Gasteiger partial charge in [-0.3, -0.25) is 0 Å². The van der Waals surface area contributed by atoms with Crippen molar-refractivity contribution in [3.05, 3.63) is 29.3 Å². The Kier molecular flexibility index (Phi) is 3.23. The number of nitrogens with two attached hydrogens (primary N) is 1. The van der Waals surface area contributed by atoms with Gasteiger partial charge in [-0.2, -0.15) is 0 Å². The molecule has 17 heavy (non-hydrogen) atoms. The van der Waals surface area contributed by atoms with Crippen LogP contribution < -0.4 is 5.73 Å². The molecule has 0 fully saturated rings. The van der Waals surface area contributed by atoms with Crippen LogP contribution in [-0.4, -0.2) is 19.9 Å². The van der Waals surface area contributed by atoms with Gasteiger partial charge in [0.15, 0.2) is 5.16 Å². The molecule has 0 aliphatic heterocycles. The predicted octanol–water partition coefficient (Wildman–Crippen LogP) is 1.93. The fraction of sp³-hybridized carbons (Fsp3) is 0.273. The lowest BCUT2D eigenvalue weighted by molar-refractivity contribution is 0.877. The topological polar surface area (TPSA) is 77.6 Å². The van der Waals surface area contributed by atoms with Crippen LogP contribution in [0.3, 0.4) is 0 Å². The minimum absolute atomic E-state index is 0.409. The van der Waals surface area contributed by atoms with Gasteiger partial charge in [0.1, 0.15) is 10.8 Å². The number of aryl methyl sites for hydroxylation is 2. The quantitative estimate of drug-likeness (QED) is 0.817. The van der Waals surface area contributed by atoms with Crippen molar-refractivity contribution in [1.29, 1.82) is 0 Å². The first-order chi connectivity index (χ1) is 8.06. The summed E-state index contributed by atoms with van der Waals surface area (Å²) in [4.78, 5) is 16.9. The van der Waals surface area contributed by atoms with Gasteiger partial charge in [0.05, 0.1) is 12.4 Å². The van der Waals surface area contributed by atoms with Crippen LogP contribution in [0, 0.1) is 20.8 Å². The first kappa shape index (κ1) is 11.8. The van der Waals surface area contributed by atoms with E-state index in [1.165, 1.54) is 18.0 Å². The fourth-order valence-electron chi connectivity index (χ4n) is 1.26. The number of anilines is 1. The van der Waals surface area contributed by atoms with Crippen molar-refractivity contribution in [2.24, 2.45) is 0 Å². The van der Waals surface area contributed by atoms with Crippen molar-refractivity contribution in [2.45, 2.75) is 31.0 Å². The Balaban J connectivity index is 2.27. The smallest absolute Gasteiger partial charge is 0.194 e. The second-order valence-electron chi connectivity index (χ2n) is 3.68. The van der Waals surface area contributed by atoms with Crippen molar-refractivity contribution < 1.29 is 0 Å². The zero-order chi connectivity index (χ0) is 12.4. The molecule has 0 aliphatic rings. The number of hydrogen-bond donors (Lipinski definition) is 1. The summed E-state index contributed by atoms with van der Waals surface area (Å²) in [6, 6.07) is 0. The summed E-state index contributed by atoms with van der Waals surface area (Å²) in [5.41, 5.74) is 8.58. The summed E-state index contributed by atoms with van der Waals surface area (Å²) in [5, 5.41) is 1.42. The molecule has 2 aromatic heterocycles. The highest BCUT2D eigenvalue weighted by Gasteiger charge is 2.07. The second kappa shape index (κ2) is 4.67. The monoisotopic (exact) mass is 247 g/mol. The van der Waals surface area contributed by atoms with E-state index in [-0.39, 0.29) is 0 Å². The van der Waals surface area contributed by atoms with Crippen LogP contribution in [0.5, 0.6) is 0 Å². The van der Waals surface area contributed by atoms with Gasteiger partial charge in [-0.05, 0) is 38.1 Å². The van der Waals surface area contributed by atoms with E-state index >= 15 is 0 Å². The van der Waals surface area contributed by atoms with Crippen LogP contribution in [0.4, 0.5) is 5.82 Å². The van der Waals surface area contributed by atoms with Crippen molar-refractivity contribution in [3.8, 4) is 0 Å². The van der Waals surface area contributed by atoms with Gasteiger partial charge in [-0.25, -0.2) is 19.9 Å². The highest BCUT2D eigenvalue weighted by molar-refractivity contribution is 7.99. The third-order valence-electron chi connectivity index (χ3n) is 2.46. The molecule has 5 nitrogen and oxygen atoms in total. The van der Waals surface area contributed by atoms with Crippen molar-refractivity contribution >= 4 is 17.6 Å². The van der Waals surface area contributed by atoms with Crippen LogP contribution in [0.15, 0.2) is 22.6 Å². The molecule has 0 saturated carbocycles. The maximum absolute atomic E-state index is 5.47. The van der Waals surface area contributed by atoms with Gasteiger partial charge in [-0.1, -0.05) is 0 Å². The molecule has 0 saturated heterocycles. The van der Waals surface area contributed by atoms with Crippen LogP contribution in [0.2, 0.25) is 0 Å². The molecule has 0 unspecified atom stereocenters. The summed E-state index contributed by atoms with van der Waals surface area (Å²) in [5.74, 6) is 0.409. The summed E-state index contributed by atoms with van der Waals surface area (Å²) >= 11 is 1.38. The summed E-state index contributed by atoms with van der Waals surface area (Å²) in [7, 11) is 0. The van der Waals surface area contributed by atoms with E-state index < -0.39 is 0 Å². The summed E-state index contributed by atoms with van der Waals surface area (Å²) in [6.07, 6.45) is 3.14. The minimum Gasteiger partial charge on any atom is -0.382 e. The molecule has 0 aromatic carbocycles. The Morgan fingerprint density at radius 2 is 1.65 bits per heavy atom. The predicted molar refractivity (Wildman–Crippen MR) is 66.8 cm³/mol.